The standard InChI is InChI=1S/C15H23N3O2S/c1-17-14(19)12-6-4-11(5-7-12)10-18(2)15(20)13(16)8-9-21-3/h4-7,13H,8-10,16H2,1-3H3,(H,17,19)/t13-/m0/s1. The molecule has 0 aliphatic carbocycles. The van der Waals surface area contributed by atoms with Gasteiger partial charge in [-0.3, -0.25) is 9.59 Å². The van der Waals surface area contributed by atoms with Crippen LogP contribution in [0.5, 0.6) is 0 Å². The molecule has 3 N–H and O–H groups in total. The maximum Gasteiger partial charge on any atom is 0.251 e. The molecule has 0 saturated carbocycles. The van der Waals surface area contributed by atoms with Crippen molar-refractivity contribution in [1.82, 2.24) is 10.2 Å². The molecule has 21 heavy (non-hydrogen) atoms. The van der Waals surface area contributed by atoms with Gasteiger partial charge in [-0.15, -0.1) is 0 Å². The lowest BCUT2D eigenvalue weighted by molar-refractivity contribution is -0.131. The van der Waals surface area contributed by atoms with Crippen LogP contribution in [0.25, 0.3) is 0 Å². The minimum atomic E-state index is -0.451. The first-order valence-corrected chi connectivity index (χ1v) is 8.19. The molecule has 2 amide bonds. The number of nitrogens with two attached hydrogens (primary N) is 1. The van der Waals surface area contributed by atoms with Crippen molar-refractivity contribution in [2.75, 3.05) is 26.1 Å². The number of rotatable bonds is 7. The van der Waals surface area contributed by atoms with Crippen LogP contribution in [0.2, 0.25) is 0 Å². The normalized spacial score (nSPS) is 11.8. The molecule has 1 atom stereocenters. The van der Waals surface area contributed by atoms with Gasteiger partial charge in [-0.1, -0.05) is 12.1 Å². The fraction of sp³-hybridized carbons (Fsp3) is 0.467. The van der Waals surface area contributed by atoms with Gasteiger partial charge in [0, 0.05) is 26.2 Å². The van der Waals surface area contributed by atoms with E-state index in [2.05, 4.69) is 5.32 Å². The molecule has 0 spiro atoms. The van der Waals surface area contributed by atoms with Crippen molar-refractivity contribution in [3.05, 3.63) is 35.4 Å². The Morgan fingerprint density at radius 2 is 1.95 bits per heavy atom. The first kappa shape index (κ1) is 17.5. The summed E-state index contributed by atoms with van der Waals surface area (Å²) in [6.07, 6.45) is 2.68. The quantitative estimate of drug-likeness (QED) is 0.790. The molecule has 6 heteroatoms. The van der Waals surface area contributed by atoms with Gasteiger partial charge in [0.2, 0.25) is 5.91 Å². The van der Waals surface area contributed by atoms with E-state index >= 15 is 0 Å². The lowest BCUT2D eigenvalue weighted by Crippen LogP contribution is -2.41. The Morgan fingerprint density at radius 1 is 1.33 bits per heavy atom. The molecule has 0 aliphatic rings. The summed E-state index contributed by atoms with van der Waals surface area (Å²) in [5.74, 6) is 0.700. The van der Waals surface area contributed by atoms with Crippen molar-refractivity contribution in [3.63, 3.8) is 0 Å². The van der Waals surface area contributed by atoms with Crippen molar-refractivity contribution in [3.8, 4) is 0 Å². The number of nitrogens with one attached hydrogen (secondary N) is 1. The van der Waals surface area contributed by atoms with Gasteiger partial charge in [0.15, 0.2) is 0 Å². The molecule has 0 saturated heterocycles. The van der Waals surface area contributed by atoms with E-state index in [1.54, 1.807) is 42.9 Å². The van der Waals surface area contributed by atoms with Crippen LogP contribution in [0.3, 0.4) is 0 Å². The molecule has 0 radical (unpaired) electrons. The van der Waals surface area contributed by atoms with Gasteiger partial charge < -0.3 is 16.0 Å². The van der Waals surface area contributed by atoms with Crippen LogP contribution < -0.4 is 11.1 Å². The highest BCUT2D eigenvalue weighted by Gasteiger charge is 2.17. The molecule has 0 heterocycles. The molecule has 0 fully saturated rings. The van der Waals surface area contributed by atoms with Gasteiger partial charge in [-0.2, -0.15) is 11.8 Å². The van der Waals surface area contributed by atoms with E-state index in [1.165, 1.54) is 0 Å². The largest absolute Gasteiger partial charge is 0.355 e. The van der Waals surface area contributed by atoms with E-state index < -0.39 is 6.04 Å². The third kappa shape index (κ3) is 5.40. The van der Waals surface area contributed by atoms with Crippen LogP contribution in [0, 0.1) is 0 Å². The van der Waals surface area contributed by atoms with Crippen molar-refractivity contribution >= 4 is 23.6 Å². The number of thioether (sulfide) groups is 1. The second-order valence-electron chi connectivity index (χ2n) is 4.86. The second kappa shape index (κ2) is 8.69. The Labute approximate surface area is 130 Å². The molecular weight excluding hydrogens is 286 g/mol. The number of carbonyl (C=O) groups is 2. The highest BCUT2D eigenvalue weighted by molar-refractivity contribution is 7.98. The summed E-state index contributed by atoms with van der Waals surface area (Å²) in [5, 5.41) is 2.57. The van der Waals surface area contributed by atoms with Crippen LogP contribution in [0.4, 0.5) is 0 Å². The molecule has 1 aromatic rings. The molecule has 116 valence electrons. The summed E-state index contributed by atoms with van der Waals surface area (Å²) in [6.45, 7) is 0.486. The number of carbonyl (C=O) groups excluding carboxylic acids is 2. The average Bonchev–Trinajstić information content (AvgIpc) is 2.51. The van der Waals surface area contributed by atoms with Crippen LogP contribution in [0.1, 0.15) is 22.3 Å². The van der Waals surface area contributed by atoms with E-state index in [-0.39, 0.29) is 11.8 Å². The Bertz CT molecular complexity index is 476. The molecule has 0 aromatic heterocycles. The molecule has 0 unspecified atom stereocenters. The van der Waals surface area contributed by atoms with Gasteiger partial charge in [0.25, 0.3) is 5.91 Å². The number of benzene rings is 1. The molecule has 1 rings (SSSR count). The van der Waals surface area contributed by atoms with Crippen LogP contribution >= 0.6 is 11.8 Å². The Balaban J connectivity index is 2.59. The van der Waals surface area contributed by atoms with Crippen LogP contribution in [-0.4, -0.2) is 48.9 Å². The highest BCUT2D eigenvalue weighted by Crippen LogP contribution is 2.09. The second-order valence-corrected chi connectivity index (χ2v) is 5.84. The van der Waals surface area contributed by atoms with E-state index in [4.69, 9.17) is 5.73 Å². The maximum absolute atomic E-state index is 12.1. The predicted octanol–water partition coefficient (Wildman–Crippen LogP) is 1.08. The van der Waals surface area contributed by atoms with Crippen molar-refractivity contribution < 1.29 is 9.59 Å². The number of hydrogen-bond acceptors (Lipinski definition) is 4. The predicted molar refractivity (Wildman–Crippen MR) is 87.3 cm³/mol. The third-order valence-corrected chi connectivity index (χ3v) is 3.83. The zero-order chi connectivity index (χ0) is 15.8. The molecule has 0 aliphatic heterocycles. The Hall–Kier alpha value is -1.53. The SMILES string of the molecule is CNC(=O)c1ccc(CN(C)C(=O)[C@@H](N)CCSC)cc1. The van der Waals surface area contributed by atoms with Crippen molar-refractivity contribution in [2.45, 2.75) is 19.0 Å². The first-order chi connectivity index (χ1) is 9.99. The van der Waals surface area contributed by atoms with E-state index in [1.807, 2.05) is 18.4 Å². The van der Waals surface area contributed by atoms with Gasteiger partial charge in [-0.05, 0) is 36.1 Å². The topological polar surface area (TPSA) is 75.4 Å². The molecule has 1 aromatic carbocycles. The van der Waals surface area contributed by atoms with Gasteiger partial charge >= 0.3 is 0 Å². The Morgan fingerprint density at radius 3 is 2.48 bits per heavy atom. The monoisotopic (exact) mass is 309 g/mol. The first-order valence-electron chi connectivity index (χ1n) is 6.80. The summed E-state index contributed by atoms with van der Waals surface area (Å²) < 4.78 is 0. The number of amides is 2. The fourth-order valence-electron chi connectivity index (χ4n) is 1.91. The number of hydrogen-bond donors (Lipinski definition) is 2. The van der Waals surface area contributed by atoms with Crippen LogP contribution in [-0.2, 0) is 11.3 Å². The highest BCUT2D eigenvalue weighted by atomic mass is 32.2. The lowest BCUT2D eigenvalue weighted by Gasteiger charge is -2.21. The fourth-order valence-corrected chi connectivity index (χ4v) is 2.40. The third-order valence-electron chi connectivity index (χ3n) is 3.19. The molecular formula is C15H23N3O2S. The summed E-state index contributed by atoms with van der Waals surface area (Å²) in [7, 11) is 3.34. The minimum Gasteiger partial charge on any atom is -0.355 e. The summed E-state index contributed by atoms with van der Waals surface area (Å²) in [5.41, 5.74) is 7.45. The summed E-state index contributed by atoms with van der Waals surface area (Å²) >= 11 is 1.68. The smallest absolute Gasteiger partial charge is 0.251 e. The Kier molecular flexibility index (Phi) is 7.25. The molecule has 0 bridgehead atoms. The van der Waals surface area contributed by atoms with E-state index in [0.29, 0.717) is 18.5 Å². The van der Waals surface area contributed by atoms with Gasteiger partial charge in [0.1, 0.15) is 0 Å². The van der Waals surface area contributed by atoms with Crippen molar-refractivity contribution in [1.29, 1.82) is 0 Å². The van der Waals surface area contributed by atoms with Crippen LogP contribution in [0.15, 0.2) is 24.3 Å². The number of likely N-dealkylation sites (N-methyl/N-ethyl adjacent to an activating group) is 1. The molecule has 5 nitrogen and oxygen atoms in total. The lowest BCUT2D eigenvalue weighted by atomic mass is 10.1. The van der Waals surface area contributed by atoms with E-state index in [0.717, 1.165) is 11.3 Å². The van der Waals surface area contributed by atoms with Gasteiger partial charge in [0.05, 0.1) is 6.04 Å². The van der Waals surface area contributed by atoms with Gasteiger partial charge in [-0.25, -0.2) is 0 Å². The average molecular weight is 309 g/mol. The zero-order valence-electron chi connectivity index (χ0n) is 12.8. The minimum absolute atomic E-state index is 0.0561. The summed E-state index contributed by atoms with van der Waals surface area (Å²) in [4.78, 5) is 25.2. The van der Waals surface area contributed by atoms with E-state index in [9.17, 15) is 9.59 Å². The van der Waals surface area contributed by atoms with Crippen molar-refractivity contribution in [2.24, 2.45) is 5.73 Å². The zero-order valence-corrected chi connectivity index (χ0v) is 13.6. The number of nitrogens with zero attached hydrogens (tertiary/aromatic N) is 1. The summed E-state index contributed by atoms with van der Waals surface area (Å²) in [6, 6.07) is 6.75. The maximum atomic E-state index is 12.1.